The Kier molecular flexibility index (Phi) is 4.88. The molecule has 1 aromatic heterocycles. The molecule has 4 rings (SSSR count). The van der Waals surface area contributed by atoms with Crippen molar-refractivity contribution in [2.75, 3.05) is 19.7 Å². The highest BCUT2D eigenvalue weighted by atomic mass is 16.5. The Morgan fingerprint density at radius 1 is 1.16 bits per heavy atom. The van der Waals surface area contributed by atoms with Crippen LogP contribution in [0.15, 0.2) is 18.5 Å². The van der Waals surface area contributed by atoms with Crippen molar-refractivity contribution in [1.82, 2.24) is 14.9 Å². The number of nitrogens with zero attached hydrogens (tertiary/aromatic N) is 3. The van der Waals surface area contributed by atoms with Gasteiger partial charge in [-0.2, -0.15) is 0 Å². The third kappa shape index (κ3) is 3.78. The zero-order valence-corrected chi connectivity index (χ0v) is 14.7. The topological polar surface area (TPSA) is 64.6 Å². The number of ether oxygens (including phenoxy) is 2. The molecular formula is C19H27N3O3. The number of aromatic nitrogens is 2. The number of rotatable bonds is 3. The van der Waals surface area contributed by atoms with E-state index in [9.17, 15) is 4.79 Å². The summed E-state index contributed by atoms with van der Waals surface area (Å²) in [6, 6.07) is 2.23. The normalized spacial score (nSPS) is 26.7. The first-order valence-corrected chi connectivity index (χ1v) is 9.61. The van der Waals surface area contributed by atoms with Crippen LogP contribution in [0.25, 0.3) is 0 Å². The molecule has 1 spiro atoms. The molecule has 2 aliphatic heterocycles. The fourth-order valence-electron chi connectivity index (χ4n) is 4.49. The summed E-state index contributed by atoms with van der Waals surface area (Å²) in [5, 5.41) is 0. The quantitative estimate of drug-likeness (QED) is 0.842. The molecule has 1 aliphatic carbocycles. The van der Waals surface area contributed by atoms with Crippen LogP contribution in [-0.2, 0) is 9.53 Å². The van der Waals surface area contributed by atoms with Crippen molar-refractivity contribution in [3.8, 4) is 6.01 Å². The van der Waals surface area contributed by atoms with Gasteiger partial charge < -0.3 is 14.4 Å². The van der Waals surface area contributed by atoms with Crippen LogP contribution in [0.2, 0.25) is 0 Å². The van der Waals surface area contributed by atoms with Gasteiger partial charge in [-0.3, -0.25) is 4.79 Å². The summed E-state index contributed by atoms with van der Waals surface area (Å²) in [5.74, 6) is 0.640. The summed E-state index contributed by atoms with van der Waals surface area (Å²) >= 11 is 0. The van der Waals surface area contributed by atoms with Gasteiger partial charge in [-0.05, 0) is 31.7 Å². The molecule has 3 fully saturated rings. The Morgan fingerprint density at radius 2 is 1.88 bits per heavy atom. The fraction of sp³-hybridized carbons (Fsp3) is 0.737. The highest BCUT2D eigenvalue weighted by molar-refractivity contribution is 5.79. The van der Waals surface area contributed by atoms with Crippen LogP contribution in [0, 0.1) is 5.92 Å². The first-order chi connectivity index (χ1) is 12.2. The van der Waals surface area contributed by atoms with Crippen molar-refractivity contribution in [2.24, 2.45) is 5.92 Å². The summed E-state index contributed by atoms with van der Waals surface area (Å²) in [5.41, 5.74) is -0.149. The van der Waals surface area contributed by atoms with Crippen LogP contribution >= 0.6 is 0 Å². The number of carbonyl (C=O) groups is 1. The van der Waals surface area contributed by atoms with Gasteiger partial charge in [0.15, 0.2) is 0 Å². The van der Waals surface area contributed by atoms with E-state index in [0.29, 0.717) is 18.5 Å². The second kappa shape index (κ2) is 7.28. The lowest BCUT2D eigenvalue weighted by molar-refractivity contribution is -0.154. The molecule has 6 heteroatoms. The Bertz CT molecular complexity index is 581. The Hall–Kier alpha value is -1.69. The number of hydrogen-bond donors (Lipinski definition) is 0. The van der Waals surface area contributed by atoms with Crippen molar-refractivity contribution in [3.05, 3.63) is 18.5 Å². The largest absolute Gasteiger partial charge is 0.460 e. The maximum atomic E-state index is 12.6. The lowest BCUT2D eigenvalue weighted by atomic mass is 9.83. The summed E-state index contributed by atoms with van der Waals surface area (Å²) < 4.78 is 12.1. The Morgan fingerprint density at radius 3 is 2.60 bits per heavy atom. The van der Waals surface area contributed by atoms with Gasteiger partial charge in [-0.1, -0.05) is 12.8 Å². The van der Waals surface area contributed by atoms with Gasteiger partial charge in [0.05, 0.1) is 12.2 Å². The molecular weight excluding hydrogens is 318 g/mol. The lowest BCUT2D eigenvalue weighted by Crippen LogP contribution is -2.53. The van der Waals surface area contributed by atoms with Crippen LogP contribution in [-0.4, -0.2) is 52.2 Å². The van der Waals surface area contributed by atoms with Gasteiger partial charge in [-0.25, -0.2) is 9.97 Å². The minimum absolute atomic E-state index is 0.0910. The van der Waals surface area contributed by atoms with E-state index in [0.717, 1.165) is 51.6 Å². The number of hydrogen-bond acceptors (Lipinski definition) is 5. The molecule has 2 saturated heterocycles. The van der Waals surface area contributed by atoms with Gasteiger partial charge in [-0.15, -0.1) is 0 Å². The van der Waals surface area contributed by atoms with Crippen molar-refractivity contribution >= 4 is 5.91 Å². The molecule has 6 nitrogen and oxygen atoms in total. The first-order valence-electron chi connectivity index (χ1n) is 9.61. The minimum Gasteiger partial charge on any atom is -0.460 e. The third-order valence-electron chi connectivity index (χ3n) is 5.95. The van der Waals surface area contributed by atoms with Gasteiger partial charge in [0.2, 0.25) is 5.91 Å². The van der Waals surface area contributed by atoms with Crippen LogP contribution in [0.3, 0.4) is 0 Å². The minimum atomic E-state index is -0.149. The molecule has 1 amide bonds. The average molecular weight is 345 g/mol. The Balaban J connectivity index is 1.33. The van der Waals surface area contributed by atoms with E-state index in [-0.39, 0.29) is 17.6 Å². The molecule has 1 aromatic rings. The predicted octanol–water partition coefficient (Wildman–Crippen LogP) is 2.59. The zero-order valence-electron chi connectivity index (χ0n) is 14.7. The average Bonchev–Trinajstić information content (AvgIpc) is 3.18. The zero-order chi connectivity index (χ0) is 17.1. The number of carbonyl (C=O) groups excluding carboxylic acids is 1. The van der Waals surface area contributed by atoms with E-state index < -0.39 is 0 Å². The number of piperidine rings is 1. The maximum Gasteiger partial charge on any atom is 0.316 e. The summed E-state index contributed by atoms with van der Waals surface area (Å²) in [6.45, 7) is 2.32. The highest BCUT2D eigenvalue weighted by Gasteiger charge is 2.43. The summed E-state index contributed by atoms with van der Waals surface area (Å²) in [7, 11) is 0. The molecule has 25 heavy (non-hydrogen) atoms. The van der Waals surface area contributed by atoms with E-state index in [1.165, 1.54) is 12.8 Å². The molecule has 0 radical (unpaired) electrons. The molecule has 0 bridgehead atoms. The second-order valence-corrected chi connectivity index (χ2v) is 7.60. The predicted molar refractivity (Wildman–Crippen MR) is 92.1 cm³/mol. The summed E-state index contributed by atoms with van der Waals surface area (Å²) in [4.78, 5) is 23.0. The molecule has 1 unspecified atom stereocenters. The van der Waals surface area contributed by atoms with Crippen molar-refractivity contribution < 1.29 is 14.3 Å². The van der Waals surface area contributed by atoms with Gasteiger partial charge in [0.1, 0.15) is 6.10 Å². The monoisotopic (exact) mass is 345 g/mol. The summed E-state index contributed by atoms with van der Waals surface area (Å²) in [6.07, 6.45) is 11.6. The smallest absolute Gasteiger partial charge is 0.316 e. The van der Waals surface area contributed by atoms with E-state index >= 15 is 0 Å². The van der Waals surface area contributed by atoms with Crippen molar-refractivity contribution in [1.29, 1.82) is 0 Å². The van der Waals surface area contributed by atoms with Gasteiger partial charge in [0, 0.05) is 44.2 Å². The van der Waals surface area contributed by atoms with E-state index in [2.05, 4.69) is 14.9 Å². The fourth-order valence-corrected chi connectivity index (χ4v) is 4.49. The lowest BCUT2D eigenvalue weighted by Gasteiger charge is -2.46. The van der Waals surface area contributed by atoms with Crippen molar-refractivity contribution in [3.63, 3.8) is 0 Å². The van der Waals surface area contributed by atoms with Gasteiger partial charge in [0.25, 0.3) is 0 Å². The van der Waals surface area contributed by atoms with Crippen LogP contribution in [0.5, 0.6) is 6.01 Å². The first kappa shape index (κ1) is 16.8. The maximum absolute atomic E-state index is 12.6. The SMILES string of the molecule is O=C(C1CCCC1)N1CCC2(CC1)CC(Oc1ncccn1)CCO2. The van der Waals surface area contributed by atoms with Gasteiger partial charge >= 0.3 is 6.01 Å². The highest BCUT2D eigenvalue weighted by Crippen LogP contribution is 2.37. The van der Waals surface area contributed by atoms with E-state index in [1.54, 1.807) is 18.5 Å². The van der Waals surface area contributed by atoms with Crippen LogP contribution in [0.4, 0.5) is 0 Å². The molecule has 1 saturated carbocycles. The van der Waals surface area contributed by atoms with Crippen LogP contribution in [0.1, 0.15) is 51.4 Å². The molecule has 136 valence electrons. The van der Waals surface area contributed by atoms with Crippen molar-refractivity contribution in [2.45, 2.75) is 63.1 Å². The second-order valence-electron chi connectivity index (χ2n) is 7.60. The molecule has 1 atom stereocenters. The number of amides is 1. The van der Waals surface area contributed by atoms with Crippen LogP contribution < -0.4 is 4.74 Å². The molecule has 0 N–H and O–H groups in total. The Labute approximate surface area is 148 Å². The standard InChI is InChI=1S/C19H27N3O3/c23-17(15-4-1-2-5-15)22-11-7-19(8-12-22)14-16(6-13-24-19)25-18-20-9-3-10-21-18/h3,9-10,15-16H,1-2,4-8,11-14H2. The van der Waals surface area contributed by atoms with E-state index in [1.807, 2.05) is 0 Å². The molecule has 3 aliphatic rings. The van der Waals surface area contributed by atoms with E-state index in [4.69, 9.17) is 9.47 Å². The number of likely N-dealkylation sites (tertiary alicyclic amines) is 1. The molecule has 3 heterocycles. The molecule has 0 aromatic carbocycles. The third-order valence-corrected chi connectivity index (χ3v) is 5.95.